The molecule has 0 radical (unpaired) electrons. The minimum absolute atomic E-state index is 0.0195. The fourth-order valence-electron chi connectivity index (χ4n) is 9.97. The number of aliphatic hydroxyl groups excluding tert-OH is 8. The van der Waals surface area contributed by atoms with Crippen molar-refractivity contribution < 1.29 is 103 Å². The minimum Gasteiger partial charge on any atom is -0.441 e. The fourth-order valence-corrected chi connectivity index (χ4v) is 11.6. The van der Waals surface area contributed by atoms with Crippen molar-refractivity contribution in [1.29, 1.82) is 0 Å². The lowest BCUT2D eigenvalue weighted by Crippen LogP contribution is -2.65. The van der Waals surface area contributed by atoms with Crippen molar-refractivity contribution in [3.05, 3.63) is 75.0 Å². The van der Waals surface area contributed by atoms with Crippen LogP contribution < -0.4 is 60.6 Å². The van der Waals surface area contributed by atoms with E-state index in [4.69, 9.17) is 52.4 Å². The molecule has 5 aromatic rings. The molecule has 42 heteroatoms. The largest absolute Gasteiger partial charge is 0.441 e. The van der Waals surface area contributed by atoms with Crippen molar-refractivity contribution >= 4 is 75.9 Å². The zero-order valence-corrected chi connectivity index (χ0v) is 54.0. The first-order chi connectivity index (χ1) is 46.0. The summed E-state index contributed by atoms with van der Waals surface area (Å²) >= 11 is 2.48. The van der Waals surface area contributed by atoms with Gasteiger partial charge in [0, 0.05) is 67.1 Å². The van der Waals surface area contributed by atoms with Gasteiger partial charge >= 0.3 is 6.09 Å². The van der Waals surface area contributed by atoms with Gasteiger partial charge < -0.3 is 135 Å². The van der Waals surface area contributed by atoms with Crippen LogP contribution in [0.25, 0.3) is 10.7 Å². The van der Waals surface area contributed by atoms with Gasteiger partial charge in [-0.3, -0.25) is 33.6 Å². The summed E-state index contributed by atoms with van der Waals surface area (Å²) in [5.41, 5.74) is 28.8. The first kappa shape index (κ1) is 75.9. The van der Waals surface area contributed by atoms with E-state index in [-0.39, 0.29) is 54.0 Å². The molecule has 5 aromatic heterocycles. The molecule has 7 heterocycles. The second-order valence-electron chi connectivity index (χ2n) is 22.6. The van der Waals surface area contributed by atoms with Crippen LogP contribution in [0.5, 0.6) is 0 Å². The number of nitrogens with two attached hydrogens (primary N) is 5. The number of anilines is 1. The van der Waals surface area contributed by atoms with E-state index >= 15 is 4.79 Å². The number of thiazole rings is 2. The molecule has 2 aliphatic heterocycles. The third-order valence-corrected chi connectivity index (χ3v) is 17.3. The number of imidazole rings is 2. The molecule has 19 atom stereocenters. The Morgan fingerprint density at radius 2 is 1.41 bits per heavy atom. The first-order valence-corrected chi connectivity index (χ1v) is 31.7. The summed E-state index contributed by atoms with van der Waals surface area (Å²) < 4.78 is 28.7. The number of aromatic nitrogens is 8. The topological polar surface area (TPSA) is 656 Å². The molecule has 7 rings (SSSR count). The van der Waals surface area contributed by atoms with Gasteiger partial charge in [-0.1, -0.05) is 6.92 Å². The number of nitrogen functional groups attached to an aromatic ring is 1. The average molecular weight is 1410 g/mol. The Morgan fingerprint density at radius 3 is 2.05 bits per heavy atom. The predicted octanol–water partition coefficient (Wildman–Crippen LogP) is -8.01. The molecule has 0 saturated carbocycles. The summed E-state index contributed by atoms with van der Waals surface area (Å²) in [6, 6.07) is -7.87. The minimum atomic E-state index is -2.20. The molecule has 532 valence electrons. The van der Waals surface area contributed by atoms with Gasteiger partial charge in [-0.2, -0.15) is 0 Å². The maximum atomic E-state index is 15.2. The summed E-state index contributed by atoms with van der Waals surface area (Å²) in [7, 11) is 0. The second-order valence-corrected chi connectivity index (χ2v) is 24.4. The van der Waals surface area contributed by atoms with Gasteiger partial charge in [0.1, 0.15) is 94.6 Å². The third-order valence-electron chi connectivity index (χ3n) is 15.5. The van der Waals surface area contributed by atoms with E-state index in [1.165, 1.54) is 56.7 Å². The summed E-state index contributed by atoms with van der Waals surface area (Å²) in [4.78, 5) is 138. The van der Waals surface area contributed by atoms with Gasteiger partial charge in [-0.05, 0) is 20.8 Å². The van der Waals surface area contributed by atoms with Crippen molar-refractivity contribution in [1.82, 2.24) is 71.8 Å². The number of hydrogen-bond acceptors (Lipinski definition) is 32. The molecule has 0 spiro atoms. The molecule has 26 N–H and O–H groups in total. The van der Waals surface area contributed by atoms with Gasteiger partial charge in [0.05, 0.1) is 79.0 Å². The highest BCUT2D eigenvalue weighted by molar-refractivity contribution is 7.14. The standard InChI is InChI=1S/C55H79N19O21S2/c1-19-33(71-46(74-44(19)58)25(9-31(57)78)65-11-24(56)45(59)84)50(88)73-35(41(26-12-62-18-67-26)93-54-43(39(82)37(80)29(13-75)92-54)94-53-40(83)42(95-55(60)90)38(81)30(14-76)91-53)51(89)68-21(3)36(79)20(2)47(85)72-34(22(4)77)49(87)64-8-6-32-69-28(16-96-32)52-70-27(15-97-52)48(86)63-7-5-23-10-61-17-66-23/h10,12,15-18,20-22,24-25,29-30,34-43,53-54,65,75-77,79-83H,5-9,11,13-14,56H2,1-4H3,(H2,57,78)(H2,59,84)(H2,60,90)(H,61,66)(H,62,67)(H,63,86)(H,64,87)(H,68,89)(H,72,85)(H,73,88)(H2,58,71,74)/t20-,21+,22+,24-,25-,29-,30+,34-,35-,36-,37+,38+,39-,40-,41-,42-,43-,53+,54-/m0/s1. The number of aromatic amines is 2. The molecule has 0 bridgehead atoms. The molecular formula is C55H79N19O21S2. The maximum absolute atomic E-state index is 15.2. The lowest BCUT2D eigenvalue weighted by atomic mass is 9.96. The molecule has 2 saturated heterocycles. The molecule has 0 aliphatic carbocycles. The average Bonchev–Trinajstić information content (AvgIpc) is 1.80. The zero-order chi connectivity index (χ0) is 71.1. The number of H-pyrrole nitrogens is 2. The molecule has 97 heavy (non-hydrogen) atoms. The Bertz CT molecular complexity index is 3480. The highest BCUT2D eigenvalue weighted by atomic mass is 32.1. The number of hydrogen-bond donors (Lipinski definition) is 21. The smallest absolute Gasteiger partial charge is 0.404 e. The molecule has 40 nitrogen and oxygen atoms in total. The number of amides is 8. The van der Waals surface area contributed by atoms with Crippen LogP contribution in [0.15, 0.2) is 35.8 Å². The number of carbonyl (C=O) groups is 8. The van der Waals surface area contributed by atoms with Gasteiger partial charge in [-0.15, -0.1) is 22.7 Å². The Morgan fingerprint density at radius 1 is 0.732 bits per heavy atom. The highest BCUT2D eigenvalue weighted by Gasteiger charge is 2.54. The maximum Gasteiger partial charge on any atom is 0.404 e. The van der Waals surface area contributed by atoms with Crippen LogP contribution in [0.4, 0.5) is 10.6 Å². The number of carbonyl (C=O) groups excluding carboxylic acids is 8. The lowest BCUT2D eigenvalue weighted by Gasteiger charge is -2.47. The van der Waals surface area contributed by atoms with E-state index in [9.17, 15) is 74.4 Å². The predicted molar refractivity (Wildman–Crippen MR) is 332 cm³/mol. The Hall–Kier alpha value is -8.44. The Labute approximate surface area is 558 Å². The van der Waals surface area contributed by atoms with Crippen molar-refractivity contribution in [3.8, 4) is 10.7 Å². The number of nitrogens with zero attached hydrogens (tertiary/aromatic N) is 6. The first-order valence-electron chi connectivity index (χ1n) is 29.9. The second kappa shape index (κ2) is 34.7. The SMILES string of the molecule is Cc1c(N)nc([C@H](CC(N)=O)NC[C@H](N)C(N)=O)nc1C(=O)N[C@H](C(=O)N[C@H](C)[C@@H](O)[C@H](C)C(=O)N[C@H](C(=O)NCCc1nc(-c2nc(C(=O)NCCc3cnc[nH]3)cs2)cs1)[C@@H](C)O)[C@@H](O[C@@H]1O[C@@H](CO)[C@@H](O)[C@H](O)[C@@H]1O[C@H]1O[C@H](CO)[C@@H](O)[C@H](OC(N)=O)[C@@H]1O)c1cnc[nH]1. The molecular weight excluding hydrogens is 1330 g/mol. The highest BCUT2D eigenvalue weighted by Crippen LogP contribution is 2.35. The van der Waals surface area contributed by atoms with Crippen LogP contribution in [0.1, 0.15) is 88.1 Å². The van der Waals surface area contributed by atoms with Crippen molar-refractivity contribution in [2.45, 2.75) is 157 Å². The van der Waals surface area contributed by atoms with Crippen LogP contribution in [0.2, 0.25) is 0 Å². The van der Waals surface area contributed by atoms with Crippen molar-refractivity contribution in [2.24, 2.45) is 28.9 Å². The fraction of sp³-hybridized carbons (Fsp3) is 0.564. The van der Waals surface area contributed by atoms with E-state index in [0.29, 0.717) is 28.7 Å². The quantitative estimate of drug-likeness (QED) is 0.0182. The van der Waals surface area contributed by atoms with Gasteiger partial charge in [0.15, 0.2) is 18.7 Å². The van der Waals surface area contributed by atoms with Crippen molar-refractivity contribution in [3.63, 3.8) is 0 Å². The number of nitrogens with one attached hydrogen (secondary N) is 8. The van der Waals surface area contributed by atoms with E-state index in [1.807, 2.05) is 0 Å². The zero-order valence-electron chi connectivity index (χ0n) is 52.4. The number of ether oxygens (including phenoxy) is 5. The summed E-state index contributed by atoms with van der Waals surface area (Å²) in [5.74, 6) is -8.80. The molecule has 2 fully saturated rings. The van der Waals surface area contributed by atoms with E-state index in [2.05, 4.69) is 71.8 Å². The number of primary amides is 3. The molecule has 8 amide bonds. The van der Waals surface area contributed by atoms with Crippen LogP contribution in [0.3, 0.4) is 0 Å². The van der Waals surface area contributed by atoms with Gasteiger partial charge in [0.25, 0.3) is 11.8 Å². The van der Waals surface area contributed by atoms with Crippen LogP contribution >= 0.6 is 22.7 Å². The van der Waals surface area contributed by atoms with E-state index in [0.717, 1.165) is 18.2 Å². The summed E-state index contributed by atoms with van der Waals surface area (Å²) in [6.45, 7) is 2.96. The third kappa shape index (κ3) is 19.7. The molecule has 2 aliphatic rings. The molecule has 0 unspecified atom stereocenters. The number of aliphatic hydroxyl groups is 8. The molecule has 0 aromatic carbocycles. The summed E-state index contributed by atoms with van der Waals surface area (Å²) in [6.07, 6.45) is -21.4. The Balaban J connectivity index is 1.12. The van der Waals surface area contributed by atoms with E-state index in [1.54, 1.807) is 17.0 Å². The van der Waals surface area contributed by atoms with Crippen LogP contribution in [0, 0.1) is 12.8 Å². The Kier molecular flexibility index (Phi) is 27.1. The monoisotopic (exact) mass is 1410 g/mol. The van der Waals surface area contributed by atoms with Crippen molar-refractivity contribution in [2.75, 3.05) is 38.6 Å². The van der Waals surface area contributed by atoms with E-state index < -0.39 is 183 Å². The van der Waals surface area contributed by atoms with Gasteiger partial charge in [-0.25, -0.2) is 34.7 Å². The van der Waals surface area contributed by atoms with Crippen LogP contribution in [-0.4, -0.2) is 259 Å². The van der Waals surface area contributed by atoms with Crippen LogP contribution in [-0.2, 0) is 60.5 Å². The van der Waals surface area contributed by atoms with Gasteiger partial charge in [0.2, 0.25) is 29.5 Å². The summed E-state index contributed by atoms with van der Waals surface area (Å²) in [5, 5.41) is 108. The number of rotatable bonds is 34. The lowest BCUT2D eigenvalue weighted by molar-refractivity contribution is -0.372. The normalized spacial score (nSPS) is 23.8.